The third-order valence-corrected chi connectivity index (χ3v) is 6.70. The van der Waals surface area contributed by atoms with Crippen molar-refractivity contribution in [2.45, 2.75) is 43.8 Å². The predicted molar refractivity (Wildman–Crippen MR) is 133 cm³/mol. The van der Waals surface area contributed by atoms with Crippen molar-refractivity contribution < 1.29 is 27.8 Å². The van der Waals surface area contributed by atoms with Crippen LogP contribution in [0.25, 0.3) is 10.9 Å². The molecule has 0 saturated carbocycles. The molecule has 2 saturated heterocycles. The number of benzene rings is 2. The molecule has 0 unspecified atom stereocenters. The smallest absolute Gasteiger partial charge is 0.413 e. The number of amides is 1. The van der Waals surface area contributed by atoms with Gasteiger partial charge in [-0.1, -0.05) is 6.07 Å². The molecule has 2 fully saturated rings. The Balaban J connectivity index is 1.33. The van der Waals surface area contributed by atoms with Crippen LogP contribution in [0.2, 0.25) is 0 Å². The molecular weight excluding hydrogens is 484 g/mol. The molecule has 3 aromatic rings. The van der Waals surface area contributed by atoms with E-state index in [1.54, 1.807) is 6.07 Å². The number of carbonyl (C=O) groups is 1. The van der Waals surface area contributed by atoms with Crippen molar-refractivity contribution in [1.29, 1.82) is 0 Å². The molecule has 3 N–H and O–H groups in total. The summed E-state index contributed by atoms with van der Waals surface area (Å²) in [5.74, 6) is -0.654. The van der Waals surface area contributed by atoms with Gasteiger partial charge in [0.25, 0.3) is 0 Å². The first-order valence-corrected chi connectivity index (χ1v) is 12.4. The van der Waals surface area contributed by atoms with Crippen LogP contribution in [0, 0.1) is 11.6 Å². The summed E-state index contributed by atoms with van der Waals surface area (Å²) in [6.07, 6.45) is 3.99. The molecule has 0 bridgehead atoms. The van der Waals surface area contributed by atoms with Gasteiger partial charge in [0, 0.05) is 43.6 Å². The zero-order valence-corrected chi connectivity index (χ0v) is 20.4. The minimum Gasteiger partial charge on any atom is -0.494 e. The lowest BCUT2D eigenvalue weighted by molar-refractivity contribution is 0.0903. The number of ether oxygens (including phenoxy) is 3. The Morgan fingerprint density at radius 3 is 2.73 bits per heavy atom. The highest BCUT2D eigenvalue weighted by Crippen LogP contribution is 2.28. The summed E-state index contributed by atoms with van der Waals surface area (Å²) < 4.78 is 45.0. The van der Waals surface area contributed by atoms with Crippen LogP contribution >= 0.6 is 0 Å². The number of nitrogens with one attached hydrogen (secondary N) is 3. The molecule has 2 aliphatic rings. The SMILES string of the molecule is COc1ccc([C@@H](NC(=O)Oc2cc(F)c3cnc(NC4CCOCC4)nc3c2)[C@@H]2CCCN2)cc1F. The van der Waals surface area contributed by atoms with Crippen LogP contribution in [0.15, 0.2) is 36.5 Å². The van der Waals surface area contributed by atoms with E-state index in [-0.39, 0.29) is 29.0 Å². The Kier molecular flexibility index (Phi) is 7.61. The largest absolute Gasteiger partial charge is 0.494 e. The second-order valence-electron chi connectivity index (χ2n) is 9.17. The number of halogens is 2. The van der Waals surface area contributed by atoms with Crippen LogP contribution in [-0.2, 0) is 4.74 Å². The van der Waals surface area contributed by atoms with Crippen molar-refractivity contribution in [2.24, 2.45) is 0 Å². The number of methoxy groups -OCH3 is 1. The van der Waals surface area contributed by atoms with Gasteiger partial charge in [-0.05, 0) is 49.9 Å². The number of hydrogen-bond acceptors (Lipinski definition) is 8. The Hall–Kier alpha value is -3.57. The maximum Gasteiger partial charge on any atom is 0.413 e. The fourth-order valence-electron chi connectivity index (χ4n) is 4.77. The summed E-state index contributed by atoms with van der Waals surface area (Å²) in [6, 6.07) is 6.67. The van der Waals surface area contributed by atoms with E-state index >= 15 is 0 Å². The summed E-state index contributed by atoms with van der Waals surface area (Å²) in [5.41, 5.74) is 0.870. The first-order valence-electron chi connectivity index (χ1n) is 12.4. The van der Waals surface area contributed by atoms with Crippen LogP contribution in [0.1, 0.15) is 37.3 Å². The third-order valence-electron chi connectivity index (χ3n) is 6.70. The van der Waals surface area contributed by atoms with Crippen molar-refractivity contribution in [2.75, 3.05) is 32.2 Å². The number of hydrogen-bond donors (Lipinski definition) is 3. The topological polar surface area (TPSA) is 107 Å². The van der Waals surface area contributed by atoms with Gasteiger partial charge >= 0.3 is 6.09 Å². The van der Waals surface area contributed by atoms with E-state index in [4.69, 9.17) is 14.2 Å². The standard InChI is InChI=1S/C26H29F2N5O4/c1-35-23-5-4-15(11-20(23)28)24(21-3-2-8-29-21)33-26(34)37-17-12-19(27)18-14-30-25(32-22(18)13-17)31-16-6-9-36-10-7-16/h4-5,11-14,16,21,24,29H,2-3,6-10H2,1H3,(H,33,34)(H,30,31,32)/t21-,24+/m0/s1. The van der Waals surface area contributed by atoms with E-state index in [1.165, 1.54) is 31.5 Å². The maximum absolute atomic E-state index is 14.8. The van der Waals surface area contributed by atoms with Gasteiger partial charge in [-0.15, -0.1) is 0 Å². The fourth-order valence-corrected chi connectivity index (χ4v) is 4.77. The average molecular weight is 514 g/mol. The number of fused-ring (bicyclic) bond motifs is 1. The quantitative estimate of drug-likeness (QED) is 0.434. The molecule has 1 amide bonds. The van der Waals surface area contributed by atoms with Crippen molar-refractivity contribution in [3.05, 3.63) is 53.7 Å². The Labute approximate surface area is 212 Å². The van der Waals surface area contributed by atoms with Crippen molar-refractivity contribution >= 4 is 22.9 Å². The van der Waals surface area contributed by atoms with Gasteiger partial charge in [-0.3, -0.25) is 0 Å². The van der Waals surface area contributed by atoms with Crippen molar-refractivity contribution in [3.63, 3.8) is 0 Å². The van der Waals surface area contributed by atoms with E-state index < -0.39 is 23.8 Å². The van der Waals surface area contributed by atoms with Crippen LogP contribution in [0.5, 0.6) is 11.5 Å². The van der Waals surface area contributed by atoms with Crippen molar-refractivity contribution in [1.82, 2.24) is 20.6 Å². The second-order valence-corrected chi connectivity index (χ2v) is 9.17. The lowest BCUT2D eigenvalue weighted by atomic mass is 9.98. The summed E-state index contributed by atoms with van der Waals surface area (Å²) in [4.78, 5) is 21.5. The van der Waals surface area contributed by atoms with Crippen LogP contribution < -0.4 is 25.4 Å². The monoisotopic (exact) mass is 513 g/mol. The molecule has 0 aliphatic carbocycles. The third kappa shape index (κ3) is 5.89. The van der Waals surface area contributed by atoms with Gasteiger partial charge in [-0.25, -0.2) is 23.5 Å². The van der Waals surface area contributed by atoms with Crippen molar-refractivity contribution in [3.8, 4) is 11.5 Å². The number of rotatable bonds is 7. The Bertz CT molecular complexity index is 1270. The molecule has 9 nitrogen and oxygen atoms in total. The molecule has 2 aromatic carbocycles. The lowest BCUT2D eigenvalue weighted by Crippen LogP contribution is -2.42. The highest BCUT2D eigenvalue weighted by molar-refractivity contribution is 5.82. The van der Waals surface area contributed by atoms with Crippen LogP contribution in [0.4, 0.5) is 19.5 Å². The number of carbonyl (C=O) groups excluding carboxylic acids is 1. The highest BCUT2D eigenvalue weighted by Gasteiger charge is 2.29. The second kappa shape index (κ2) is 11.2. The van der Waals surface area contributed by atoms with Gasteiger partial charge in [0.1, 0.15) is 11.6 Å². The summed E-state index contributed by atoms with van der Waals surface area (Å²) in [7, 11) is 1.39. The molecule has 3 heterocycles. The zero-order valence-electron chi connectivity index (χ0n) is 20.4. The molecule has 196 valence electrons. The van der Waals surface area contributed by atoms with Gasteiger partial charge in [-0.2, -0.15) is 0 Å². The average Bonchev–Trinajstić information content (AvgIpc) is 3.42. The van der Waals surface area contributed by atoms with E-state index in [9.17, 15) is 13.6 Å². The molecule has 2 atom stereocenters. The van der Waals surface area contributed by atoms with Crippen LogP contribution in [0.3, 0.4) is 0 Å². The number of anilines is 1. The highest BCUT2D eigenvalue weighted by atomic mass is 19.1. The summed E-state index contributed by atoms with van der Waals surface area (Å²) >= 11 is 0. The number of aromatic nitrogens is 2. The van der Waals surface area contributed by atoms with E-state index in [2.05, 4.69) is 25.9 Å². The molecule has 2 aliphatic heterocycles. The number of nitrogens with zero attached hydrogens (tertiary/aromatic N) is 2. The summed E-state index contributed by atoms with van der Waals surface area (Å²) in [6.45, 7) is 2.11. The minimum absolute atomic E-state index is 0.00254. The molecule has 5 rings (SSSR count). The van der Waals surface area contributed by atoms with Crippen LogP contribution in [-0.4, -0.2) is 55.0 Å². The predicted octanol–water partition coefficient (Wildman–Crippen LogP) is 4.09. The first-order chi connectivity index (χ1) is 18.0. The Morgan fingerprint density at radius 1 is 1.16 bits per heavy atom. The van der Waals surface area contributed by atoms with E-state index in [1.807, 2.05) is 0 Å². The minimum atomic E-state index is -0.789. The molecular formula is C26H29F2N5O4. The normalized spacial score (nSPS) is 18.9. The fraction of sp³-hybridized carbons (Fsp3) is 0.423. The lowest BCUT2D eigenvalue weighted by Gasteiger charge is -2.25. The molecule has 37 heavy (non-hydrogen) atoms. The molecule has 0 radical (unpaired) electrons. The van der Waals surface area contributed by atoms with Gasteiger partial charge in [0.15, 0.2) is 11.6 Å². The van der Waals surface area contributed by atoms with Gasteiger partial charge < -0.3 is 30.2 Å². The maximum atomic E-state index is 14.8. The van der Waals surface area contributed by atoms with Gasteiger partial charge in [0.05, 0.1) is 24.1 Å². The first kappa shape index (κ1) is 25.1. The Morgan fingerprint density at radius 2 is 2.00 bits per heavy atom. The molecule has 1 aromatic heterocycles. The van der Waals surface area contributed by atoms with E-state index in [0.29, 0.717) is 30.2 Å². The zero-order chi connectivity index (χ0) is 25.8. The summed E-state index contributed by atoms with van der Waals surface area (Å²) in [5, 5.41) is 9.61. The van der Waals surface area contributed by atoms with Gasteiger partial charge in [0.2, 0.25) is 5.95 Å². The molecule has 11 heteroatoms. The van der Waals surface area contributed by atoms with E-state index in [0.717, 1.165) is 38.3 Å². The molecule has 0 spiro atoms.